The fourth-order valence-electron chi connectivity index (χ4n) is 3.02. The van der Waals surface area contributed by atoms with Gasteiger partial charge in [0.15, 0.2) is 0 Å². The van der Waals surface area contributed by atoms with Crippen LogP contribution in [0.4, 0.5) is 15.8 Å². The zero-order chi connectivity index (χ0) is 21.7. The van der Waals surface area contributed by atoms with Crippen molar-refractivity contribution in [3.63, 3.8) is 0 Å². The molecule has 0 unspecified atom stereocenters. The van der Waals surface area contributed by atoms with Crippen LogP contribution < -0.4 is 15.4 Å². The monoisotopic (exact) mass is 427 g/mol. The van der Waals surface area contributed by atoms with Gasteiger partial charge in [0.25, 0.3) is 10.0 Å². The van der Waals surface area contributed by atoms with Crippen LogP contribution in [0.2, 0.25) is 0 Å². The van der Waals surface area contributed by atoms with Crippen LogP contribution in [0.5, 0.6) is 0 Å². The first-order chi connectivity index (χ1) is 14.2. The molecule has 0 radical (unpaired) electrons. The van der Waals surface area contributed by atoms with Gasteiger partial charge in [-0.3, -0.25) is 9.52 Å². The number of anilines is 2. The van der Waals surface area contributed by atoms with Crippen molar-refractivity contribution >= 4 is 27.3 Å². The van der Waals surface area contributed by atoms with Crippen molar-refractivity contribution in [2.45, 2.75) is 18.4 Å². The van der Waals surface area contributed by atoms with Gasteiger partial charge in [0.2, 0.25) is 5.91 Å². The summed E-state index contributed by atoms with van der Waals surface area (Å²) in [5.74, 6) is -1.34. The number of benzene rings is 3. The topological polar surface area (TPSA) is 92.5 Å². The average Bonchev–Trinajstić information content (AvgIpc) is 2.69. The van der Waals surface area contributed by atoms with Crippen LogP contribution in [0.1, 0.15) is 11.1 Å². The van der Waals surface area contributed by atoms with Crippen molar-refractivity contribution in [2.75, 3.05) is 16.2 Å². The van der Waals surface area contributed by atoms with Gasteiger partial charge < -0.3 is 10.6 Å². The van der Waals surface area contributed by atoms with Gasteiger partial charge in [-0.1, -0.05) is 42.5 Å². The first-order valence-electron chi connectivity index (χ1n) is 9.21. The van der Waals surface area contributed by atoms with Crippen molar-refractivity contribution in [3.05, 3.63) is 89.7 Å². The quantitative estimate of drug-likeness (QED) is 0.576. The fourth-order valence-corrected chi connectivity index (χ4v) is 4.24. The highest BCUT2D eigenvalue weighted by atomic mass is 32.2. The Bertz CT molecular complexity index is 1150. The number of nitrogens with two attached hydrogens (primary N) is 1. The van der Waals surface area contributed by atoms with E-state index in [2.05, 4.69) is 4.72 Å². The van der Waals surface area contributed by atoms with E-state index in [0.29, 0.717) is 17.8 Å². The van der Waals surface area contributed by atoms with Crippen molar-refractivity contribution in [1.82, 2.24) is 0 Å². The van der Waals surface area contributed by atoms with Crippen LogP contribution in [0, 0.1) is 12.7 Å². The Hall–Kier alpha value is -3.39. The minimum atomic E-state index is -4.13. The van der Waals surface area contributed by atoms with Gasteiger partial charge in [0.1, 0.15) is 10.7 Å². The zero-order valence-electron chi connectivity index (χ0n) is 16.4. The molecule has 30 heavy (non-hydrogen) atoms. The van der Waals surface area contributed by atoms with E-state index in [0.717, 1.165) is 11.6 Å². The lowest BCUT2D eigenvalue weighted by molar-refractivity contribution is -0.116. The van der Waals surface area contributed by atoms with Gasteiger partial charge in [-0.2, -0.15) is 0 Å². The largest absolute Gasteiger partial charge is 0.368 e. The third kappa shape index (κ3) is 5.36. The minimum Gasteiger partial charge on any atom is -0.368 e. The number of rotatable bonds is 8. The van der Waals surface area contributed by atoms with Gasteiger partial charge in [-0.15, -0.1) is 0 Å². The molecular formula is C22H22FN3O3S. The lowest BCUT2D eigenvalue weighted by atomic mass is 10.2. The Morgan fingerprint density at radius 3 is 2.47 bits per heavy atom. The van der Waals surface area contributed by atoms with Crippen LogP contribution in [0.25, 0.3) is 0 Å². The molecule has 8 heteroatoms. The predicted molar refractivity (Wildman–Crippen MR) is 115 cm³/mol. The van der Waals surface area contributed by atoms with Crippen LogP contribution in [-0.2, 0) is 21.4 Å². The van der Waals surface area contributed by atoms with Gasteiger partial charge in [0, 0.05) is 12.2 Å². The maximum absolute atomic E-state index is 14.1. The number of aryl methyl sites for hydroxylation is 1. The summed E-state index contributed by atoms with van der Waals surface area (Å²) >= 11 is 0. The van der Waals surface area contributed by atoms with Gasteiger partial charge in [-0.25, -0.2) is 12.8 Å². The molecule has 0 spiro atoms. The average molecular weight is 428 g/mol. The zero-order valence-corrected chi connectivity index (χ0v) is 17.2. The predicted octanol–water partition coefficient (Wildman–Crippen LogP) is 3.43. The third-order valence-corrected chi connectivity index (χ3v) is 5.80. The third-order valence-electron chi connectivity index (χ3n) is 4.40. The maximum atomic E-state index is 14.1. The van der Waals surface area contributed by atoms with E-state index >= 15 is 0 Å². The second-order valence-electron chi connectivity index (χ2n) is 6.90. The standard InChI is InChI=1S/C22H22FN3O3S/c1-16-10-11-20(23)21(12-16)30(28,29)25-18-8-5-9-19(13-18)26(15-22(24)27)14-17-6-3-2-4-7-17/h2-13,25H,14-15H2,1H3,(H2,24,27). The Labute approximate surface area is 175 Å². The molecule has 0 aliphatic carbocycles. The molecule has 0 bridgehead atoms. The molecule has 0 saturated carbocycles. The minimum absolute atomic E-state index is 0.0440. The smallest absolute Gasteiger partial charge is 0.264 e. The Balaban J connectivity index is 1.89. The number of amides is 1. The molecule has 0 saturated heterocycles. The Kier molecular flexibility index (Phi) is 6.37. The molecule has 0 atom stereocenters. The number of primary amides is 1. The van der Waals surface area contributed by atoms with Crippen molar-refractivity contribution in [2.24, 2.45) is 5.73 Å². The molecule has 0 fully saturated rings. The summed E-state index contributed by atoms with van der Waals surface area (Å²) < 4.78 is 41.9. The second kappa shape index (κ2) is 8.96. The number of halogens is 1. The second-order valence-corrected chi connectivity index (χ2v) is 8.55. The summed E-state index contributed by atoms with van der Waals surface area (Å²) in [6, 6.07) is 19.9. The highest BCUT2D eigenvalue weighted by molar-refractivity contribution is 7.92. The van der Waals surface area contributed by atoms with E-state index in [1.54, 1.807) is 36.1 Å². The van der Waals surface area contributed by atoms with E-state index in [1.807, 2.05) is 30.3 Å². The molecule has 6 nitrogen and oxygen atoms in total. The number of nitrogens with zero attached hydrogens (tertiary/aromatic N) is 1. The van der Waals surface area contributed by atoms with E-state index in [4.69, 9.17) is 5.73 Å². The molecule has 0 aliphatic heterocycles. The Morgan fingerprint density at radius 2 is 1.77 bits per heavy atom. The lowest BCUT2D eigenvalue weighted by Crippen LogP contribution is -2.33. The molecule has 1 amide bonds. The first kappa shape index (κ1) is 21.3. The van der Waals surface area contributed by atoms with Crippen LogP contribution in [0.3, 0.4) is 0 Å². The molecule has 0 aliphatic rings. The molecule has 0 heterocycles. The van der Waals surface area contributed by atoms with Crippen molar-refractivity contribution in [3.8, 4) is 0 Å². The number of hydrogen-bond acceptors (Lipinski definition) is 4. The summed E-state index contributed by atoms with van der Waals surface area (Å²) in [6.07, 6.45) is 0. The molecular weight excluding hydrogens is 405 g/mol. The lowest BCUT2D eigenvalue weighted by Gasteiger charge is -2.24. The highest BCUT2D eigenvalue weighted by Gasteiger charge is 2.20. The number of nitrogens with one attached hydrogen (secondary N) is 1. The number of sulfonamides is 1. The van der Waals surface area contributed by atoms with Gasteiger partial charge in [0.05, 0.1) is 12.2 Å². The van der Waals surface area contributed by atoms with Crippen LogP contribution >= 0.6 is 0 Å². The number of hydrogen-bond donors (Lipinski definition) is 2. The first-order valence-corrected chi connectivity index (χ1v) is 10.7. The normalized spacial score (nSPS) is 11.1. The van der Waals surface area contributed by atoms with Gasteiger partial charge >= 0.3 is 0 Å². The summed E-state index contributed by atoms with van der Waals surface area (Å²) in [5, 5.41) is 0. The van der Waals surface area contributed by atoms with E-state index in [-0.39, 0.29) is 12.2 Å². The van der Waals surface area contributed by atoms with E-state index in [1.165, 1.54) is 12.1 Å². The summed E-state index contributed by atoms with van der Waals surface area (Å²) in [4.78, 5) is 12.9. The van der Waals surface area contributed by atoms with Crippen molar-refractivity contribution < 1.29 is 17.6 Å². The number of carbonyl (C=O) groups is 1. The molecule has 3 aromatic rings. The molecule has 0 aromatic heterocycles. The highest BCUT2D eigenvalue weighted by Crippen LogP contribution is 2.25. The van der Waals surface area contributed by atoms with Crippen LogP contribution in [0.15, 0.2) is 77.7 Å². The molecule has 3 rings (SSSR count). The number of carbonyl (C=O) groups excluding carboxylic acids is 1. The van der Waals surface area contributed by atoms with Crippen LogP contribution in [-0.4, -0.2) is 20.9 Å². The molecule has 3 N–H and O–H groups in total. The van der Waals surface area contributed by atoms with E-state index < -0.39 is 26.6 Å². The van der Waals surface area contributed by atoms with Gasteiger partial charge in [-0.05, 0) is 48.4 Å². The maximum Gasteiger partial charge on any atom is 0.264 e. The van der Waals surface area contributed by atoms with Crippen molar-refractivity contribution in [1.29, 1.82) is 0 Å². The summed E-state index contributed by atoms with van der Waals surface area (Å²) in [6.45, 7) is 2.05. The van der Waals surface area contributed by atoms with E-state index in [9.17, 15) is 17.6 Å². The fraction of sp³-hybridized carbons (Fsp3) is 0.136. The summed E-state index contributed by atoms with van der Waals surface area (Å²) in [5.41, 5.74) is 7.83. The SMILES string of the molecule is Cc1ccc(F)c(S(=O)(=O)Nc2cccc(N(CC(N)=O)Cc3ccccc3)c2)c1. The summed E-state index contributed by atoms with van der Waals surface area (Å²) in [7, 11) is -4.13. The molecule has 156 valence electrons. The molecule has 3 aromatic carbocycles. The Morgan fingerprint density at radius 1 is 1.03 bits per heavy atom.